The topological polar surface area (TPSA) is 98.0 Å². The van der Waals surface area contributed by atoms with Crippen molar-refractivity contribution in [3.05, 3.63) is 46.7 Å². The number of rotatable bonds is 4. The molecule has 0 aliphatic heterocycles. The minimum Gasteiger partial charge on any atom is -0.399 e. The van der Waals surface area contributed by atoms with E-state index in [9.17, 15) is 8.42 Å². The van der Waals surface area contributed by atoms with E-state index in [1.807, 2.05) is 0 Å². The lowest BCUT2D eigenvalue weighted by atomic mass is 10.3. The molecule has 6 nitrogen and oxygen atoms in total. The van der Waals surface area contributed by atoms with Gasteiger partial charge in [0.1, 0.15) is 0 Å². The van der Waals surface area contributed by atoms with Crippen LogP contribution in [0.3, 0.4) is 0 Å². The first-order valence-electron chi connectivity index (χ1n) is 5.30. The third kappa shape index (κ3) is 3.49. The van der Waals surface area contributed by atoms with Gasteiger partial charge in [-0.3, -0.25) is 0 Å². The van der Waals surface area contributed by atoms with Crippen LogP contribution < -0.4 is 10.5 Å². The molecule has 0 fully saturated rings. The number of halogens is 1. The average Bonchev–Trinajstić information content (AvgIpc) is 2.37. The van der Waals surface area contributed by atoms with Crippen molar-refractivity contribution in [3.8, 4) is 0 Å². The highest BCUT2D eigenvalue weighted by molar-refractivity contribution is 9.10. The van der Waals surface area contributed by atoms with Gasteiger partial charge in [0.2, 0.25) is 10.0 Å². The summed E-state index contributed by atoms with van der Waals surface area (Å²) in [4.78, 5) is 0.130. The van der Waals surface area contributed by atoms with Crippen molar-refractivity contribution >= 4 is 31.6 Å². The minimum absolute atomic E-state index is 0.0764. The molecule has 0 bridgehead atoms. The number of hydrogen-bond acceptors (Lipinski definition) is 5. The third-order valence-corrected chi connectivity index (χ3v) is 4.69. The first kappa shape index (κ1) is 13.9. The van der Waals surface area contributed by atoms with Gasteiger partial charge in [-0.25, -0.2) is 13.1 Å². The highest BCUT2D eigenvalue weighted by Crippen LogP contribution is 2.24. The molecule has 1 aromatic carbocycles. The van der Waals surface area contributed by atoms with E-state index in [0.717, 1.165) is 0 Å². The number of anilines is 1. The number of benzene rings is 1. The fourth-order valence-corrected chi connectivity index (χ4v) is 3.50. The van der Waals surface area contributed by atoms with Gasteiger partial charge in [-0.15, -0.1) is 0 Å². The lowest BCUT2D eigenvalue weighted by Crippen LogP contribution is -2.24. The zero-order valence-corrected chi connectivity index (χ0v) is 12.1. The Bertz CT molecular complexity index is 676. The molecule has 0 aliphatic rings. The van der Waals surface area contributed by atoms with Crippen LogP contribution in [0.5, 0.6) is 0 Å². The summed E-state index contributed by atoms with van der Waals surface area (Å²) >= 11 is 3.18. The van der Waals surface area contributed by atoms with E-state index in [1.165, 1.54) is 24.4 Å². The van der Waals surface area contributed by atoms with Crippen molar-refractivity contribution in [1.82, 2.24) is 14.9 Å². The van der Waals surface area contributed by atoms with Crippen molar-refractivity contribution in [1.29, 1.82) is 0 Å². The van der Waals surface area contributed by atoms with Crippen LogP contribution in [0.1, 0.15) is 5.69 Å². The second-order valence-corrected chi connectivity index (χ2v) is 6.32. The predicted molar refractivity (Wildman–Crippen MR) is 74.6 cm³/mol. The van der Waals surface area contributed by atoms with Gasteiger partial charge in [-0.05, 0) is 46.3 Å². The van der Waals surface area contributed by atoms with Crippen LogP contribution in [0, 0.1) is 0 Å². The van der Waals surface area contributed by atoms with E-state index in [0.29, 0.717) is 15.9 Å². The molecule has 0 aliphatic carbocycles. The standard InChI is InChI=1S/C11H11BrN4O2S/c12-10-6-8(13)3-4-11(10)19(17,18)15-7-9-2-1-5-14-16-9/h1-6,15H,7,13H2. The van der Waals surface area contributed by atoms with Crippen LogP contribution in [-0.2, 0) is 16.6 Å². The fourth-order valence-electron chi connectivity index (χ4n) is 1.41. The van der Waals surface area contributed by atoms with Crippen LogP contribution in [0.25, 0.3) is 0 Å². The molecule has 8 heteroatoms. The summed E-state index contributed by atoms with van der Waals surface area (Å²) in [5.41, 5.74) is 6.60. The van der Waals surface area contributed by atoms with E-state index >= 15 is 0 Å². The first-order valence-corrected chi connectivity index (χ1v) is 7.58. The molecule has 0 atom stereocenters. The van der Waals surface area contributed by atoms with Crippen molar-refractivity contribution in [2.45, 2.75) is 11.4 Å². The Morgan fingerprint density at radius 1 is 1.32 bits per heavy atom. The van der Waals surface area contributed by atoms with E-state index in [1.54, 1.807) is 12.1 Å². The number of nitrogens with one attached hydrogen (secondary N) is 1. The van der Waals surface area contributed by atoms with Crippen molar-refractivity contribution in [2.24, 2.45) is 0 Å². The highest BCUT2D eigenvalue weighted by atomic mass is 79.9. The van der Waals surface area contributed by atoms with Crippen LogP contribution in [0.2, 0.25) is 0 Å². The van der Waals surface area contributed by atoms with Gasteiger partial charge in [0.05, 0.1) is 17.1 Å². The van der Waals surface area contributed by atoms with E-state index in [2.05, 4.69) is 30.8 Å². The Balaban J connectivity index is 2.19. The smallest absolute Gasteiger partial charge is 0.242 e. The van der Waals surface area contributed by atoms with Crippen molar-refractivity contribution in [3.63, 3.8) is 0 Å². The molecular weight excluding hydrogens is 332 g/mol. The second-order valence-electron chi connectivity index (χ2n) is 3.73. The maximum atomic E-state index is 12.1. The third-order valence-electron chi connectivity index (χ3n) is 2.32. The van der Waals surface area contributed by atoms with Gasteiger partial charge in [0.15, 0.2) is 0 Å². The number of hydrogen-bond donors (Lipinski definition) is 2. The molecule has 0 unspecified atom stereocenters. The molecule has 0 saturated heterocycles. The number of aromatic nitrogens is 2. The highest BCUT2D eigenvalue weighted by Gasteiger charge is 2.17. The summed E-state index contributed by atoms with van der Waals surface area (Å²) in [6, 6.07) is 7.89. The molecule has 1 aromatic heterocycles. The second kappa shape index (κ2) is 5.64. The van der Waals surface area contributed by atoms with Gasteiger partial charge in [-0.1, -0.05) is 0 Å². The largest absolute Gasteiger partial charge is 0.399 e. The Kier molecular flexibility index (Phi) is 4.13. The van der Waals surface area contributed by atoms with E-state index < -0.39 is 10.0 Å². The van der Waals surface area contributed by atoms with Crippen molar-refractivity contribution in [2.75, 3.05) is 5.73 Å². The molecule has 0 spiro atoms. The maximum absolute atomic E-state index is 12.1. The van der Waals surface area contributed by atoms with Crippen LogP contribution in [-0.4, -0.2) is 18.6 Å². The zero-order valence-electron chi connectivity index (χ0n) is 9.75. The average molecular weight is 343 g/mol. The van der Waals surface area contributed by atoms with Gasteiger partial charge in [-0.2, -0.15) is 10.2 Å². The maximum Gasteiger partial charge on any atom is 0.242 e. The molecule has 1 heterocycles. The number of nitrogens with zero attached hydrogens (tertiary/aromatic N) is 2. The van der Waals surface area contributed by atoms with E-state index in [-0.39, 0.29) is 11.4 Å². The SMILES string of the molecule is Nc1ccc(S(=O)(=O)NCc2cccnn2)c(Br)c1. The molecule has 0 amide bonds. The fraction of sp³-hybridized carbons (Fsp3) is 0.0909. The predicted octanol–water partition coefficient (Wildman–Crippen LogP) is 1.30. The Hall–Kier alpha value is -1.51. The summed E-state index contributed by atoms with van der Waals surface area (Å²) in [7, 11) is -3.63. The summed E-state index contributed by atoms with van der Waals surface area (Å²) < 4.78 is 27.1. The van der Waals surface area contributed by atoms with Crippen LogP contribution in [0.15, 0.2) is 45.9 Å². The summed E-state index contributed by atoms with van der Waals surface area (Å²) in [5.74, 6) is 0. The molecule has 2 aromatic rings. The normalized spacial score (nSPS) is 11.4. The first-order chi connectivity index (χ1) is 8.99. The molecule has 19 heavy (non-hydrogen) atoms. The summed E-state index contributed by atoms with van der Waals surface area (Å²) in [6.45, 7) is 0.0764. The Morgan fingerprint density at radius 3 is 2.74 bits per heavy atom. The Labute approximate surface area is 119 Å². The monoisotopic (exact) mass is 342 g/mol. The molecule has 0 saturated carbocycles. The summed E-state index contributed by atoms with van der Waals surface area (Å²) in [6.07, 6.45) is 1.52. The zero-order chi connectivity index (χ0) is 13.9. The lowest BCUT2D eigenvalue weighted by Gasteiger charge is -2.08. The Morgan fingerprint density at radius 2 is 2.11 bits per heavy atom. The molecule has 0 radical (unpaired) electrons. The van der Waals surface area contributed by atoms with Gasteiger partial charge in [0.25, 0.3) is 0 Å². The number of nitrogens with two attached hydrogens (primary N) is 1. The molecule has 2 rings (SSSR count). The van der Waals surface area contributed by atoms with E-state index in [4.69, 9.17) is 5.73 Å². The number of nitrogen functional groups attached to an aromatic ring is 1. The summed E-state index contributed by atoms with van der Waals surface area (Å²) in [5, 5.41) is 7.48. The van der Waals surface area contributed by atoms with Crippen LogP contribution >= 0.6 is 15.9 Å². The van der Waals surface area contributed by atoms with Gasteiger partial charge < -0.3 is 5.73 Å². The van der Waals surface area contributed by atoms with Crippen LogP contribution in [0.4, 0.5) is 5.69 Å². The lowest BCUT2D eigenvalue weighted by molar-refractivity contribution is 0.579. The van der Waals surface area contributed by atoms with Crippen molar-refractivity contribution < 1.29 is 8.42 Å². The van der Waals surface area contributed by atoms with Gasteiger partial charge in [0, 0.05) is 16.4 Å². The molecular formula is C11H11BrN4O2S. The molecule has 3 N–H and O–H groups in total. The quantitative estimate of drug-likeness (QED) is 0.816. The number of sulfonamides is 1. The van der Waals surface area contributed by atoms with Gasteiger partial charge >= 0.3 is 0 Å². The molecule has 100 valence electrons. The minimum atomic E-state index is -3.63.